The van der Waals surface area contributed by atoms with Crippen LogP contribution in [0.25, 0.3) is 0 Å². The lowest BCUT2D eigenvalue weighted by molar-refractivity contribution is 0.210. The maximum absolute atomic E-state index is 5.01. The largest absolute Gasteiger partial charge is 0.383 e. The first-order chi connectivity index (χ1) is 8.79. The molecule has 1 aromatic carbocycles. The third kappa shape index (κ3) is 3.58. The number of methoxy groups -OCH3 is 1. The summed E-state index contributed by atoms with van der Waals surface area (Å²) in [6.45, 7) is 2.23. The van der Waals surface area contributed by atoms with Crippen molar-refractivity contribution < 1.29 is 4.74 Å². The number of ether oxygens (including phenoxy) is 1. The molecule has 1 N–H and O–H groups in total. The molecule has 1 aromatic heterocycles. The molecule has 2 rings (SSSR count). The molecule has 0 spiro atoms. The molecule has 0 atom stereocenters. The van der Waals surface area contributed by atoms with E-state index in [2.05, 4.69) is 42.9 Å². The maximum atomic E-state index is 5.01. The minimum absolute atomic E-state index is 0.670. The molecule has 0 aliphatic heterocycles. The Morgan fingerprint density at radius 2 is 2.33 bits per heavy atom. The van der Waals surface area contributed by atoms with Crippen molar-refractivity contribution in [1.82, 2.24) is 9.55 Å². The van der Waals surface area contributed by atoms with Gasteiger partial charge >= 0.3 is 0 Å². The summed E-state index contributed by atoms with van der Waals surface area (Å²) in [5, 5.41) is 3.24. The Kier molecular flexibility index (Phi) is 4.78. The second kappa shape index (κ2) is 6.56. The summed E-state index contributed by atoms with van der Waals surface area (Å²) in [6.07, 6.45) is 3.77. The number of aromatic nitrogens is 2. The van der Waals surface area contributed by atoms with Gasteiger partial charge in [-0.15, -0.1) is 0 Å². The van der Waals surface area contributed by atoms with Gasteiger partial charge in [0.25, 0.3) is 0 Å². The fraction of sp³-hybridized carbons (Fsp3) is 0.308. The van der Waals surface area contributed by atoms with E-state index in [1.165, 1.54) is 5.56 Å². The standard InChI is InChI=1S/C13H16BrN3O/c1-18-8-6-16-13-15-5-7-17(13)10-11-3-2-4-12(14)9-11/h2-5,7,9H,6,8,10H2,1H3,(H,15,16). The first-order valence-corrected chi connectivity index (χ1v) is 6.57. The Morgan fingerprint density at radius 1 is 1.44 bits per heavy atom. The number of hydrogen-bond acceptors (Lipinski definition) is 3. The molecule has 0 radical (unpaired) electrons. The summed E-state index contributed by atoms with van der Waals surface area (Å²) in [4.78, 5) is 4.29. The number of rotatable bonds is 6. The third-order valence-corrected chi connectivity index (χ3v) is 3.04. The average molecular weight is 310 g/mol. The third-order valence-electron chi connectivity index (χ3n) is 2.55. The van der Waals surface area contributed by atoms with E-state index in [9.17, 15) is 0 Å². The van der Waals surface area contributed by atoms with Gasteiger partial charge in [0.05, 0.1) is 13.2 Å². The summed E-state index contributed by atoms with van der Waals surface area (Å²) in [6, 6.07) is 8.27. The van der Waals surface area contributed by atoms with Crippen LogP contribution in [0.2, 0.25) is 0 Å². The summed E-state index contributed by atoms with van der Waals surface area (Å²) >= 11 is 3.48. The topological polar surface area (TPSA) is 39.1 Å². The number of nitrogens with zero attached hydrogens (tertiary/aromatic N) is 2. The molecule has 0 bridgehead atoms. The van der Waals surface area contributed by atoms with Crippen LogP contribution in [0.4, 0.5) is 5.95 Å². The van der Waals surface area contributed by atoms with Crippen LogP contribution in [0.1, 0.15) is 5.56 Å². The highest BCUT2D eigenvalue weighted by atomic mass is 79.9. The molecular formula is C13H16BrN3O. The fourth-order valence-electron chi connectivity index (χ4n) is 1.70. The van der Waals surface area contributed by atoms with Crippen LogP contribution in [0.15, 0.2) is 41.1 Å². The highest BCUT2D eigenvalue weighted by Gasteiger charge is 2.03. The molecule has 96 valence electrons. The number of hydrogen-bond donors (Lipinski definition) is 1. The molecule has 0 unspecified atom stereocenters. The van der Waals surface area contributed by atoms with Crippen LogP contribution in [0, 0.1) is 0 Å². The van der Waals surface area contributed by atoms with Gasteiger partial charge in [0, 0.05) is 30.5 Å². The van der Waals surface area contributed by atoms with Crippen molar-refractivity contribution in [2.75, 3.05) is 25.6 Å². The SMILES string of the molecule is COCCNc1nccn1Cc1cccc(Br)c1. The van der Waals surface area contributed by atoms with Crippen LogP contribution in [-0.2, 0) is 11.3 Å². The second-order valence-corrected chi connectivity index (χ2v) is 4.84. The van der Waals surface area contributed by atoms with Gasteiger partial charge < -0.3 is 14.6 Å². The molecule has 4 nitrogen and oxygen atoms in total. The molecule has 2 aromatic rings. The number of halogens is 1. The van der Waals surface area contributed by atoms with E-state index in [0.29, 0.717) is 6.61 Å². The van der Waals surface area contributed by atoms with Gasteiger partial charge in [0.2, 0.25) is 5.95 Å². The quantitative estimate of drug-likeness (QED) is 0.834. The molecule has 1 heterocycles. The van der Waals surface area contributed by atoms with Gasteiger partial charge in [0.1, 0.15) is 0 Å². The van der Waals surface area contributed by atoms with Crippen molar-refractivity contribution in [3.63, 3.8) is 0 Å². The minimum Gasteiger partial charge on any atom is -0.383 e. The molecule has 0 saturated heterocycles. The number of benzene rings is 1. The molecular weight excluding hydrogens is 294 g/mol. The van der Waals surface area contributed by atoms with Crippen molar-refractivity contribution in [3.8, 4) is 0 Å². The predicted molar refractivity (Wildman–Crippen MR) is 75.8 cm³/mol. The molecule has 0 amide bonds. The summed E-state index contributed by atoms with van der Waals surface area (Å²) in [5.41, 5.74) is 1.23. The van der Waals surface area contributed by atoms with Gasteiger partial charge in [-0.2, -0.15) is 0 Å². The van der Waals surface area contributed by atoms with Crippen molar-refractivity contribution in [3.05, 3.63) is 46.7 Å². The first-order valence-electron chi connectivity index (χ1n) is 5.78. The van der Waals surface area contributed by atoms with Gasteiger partial charge in [0.15, 0.2) is 0 Å². The van der Waals surface area contributed by atoms with Crippen LogP contribution in [0.5, 0.6) is 0 Å². The molecule has 0 aliphatic rings. The van der Waals surface area contributed by atoms with E-state index in [0.717, 1.165) is 23.5 Å². The van der Waals surface area contributed by atoms with Crippen molar-refractivity contribution in [2.24, 2.45) is 0 Å². The van der Waals surface area contributed by atoms with Gasteiger partial charge in [-0.3, -0.25) is 0 Å². The number of anilines is 1. The summed E-state index contributed by atoms with van der Waals surface area (Å²) in [5.74, 6) is 0.868. The highest BCUT2D eigenvalue weighted by molar-refractivity contribution is 9.10. The minimum atomic E-state index is 0.670. The zero-order valence-corrected chi connectivity index (χ0v) is 11.9. The van der Waals surface area contributed by atoms with E-state index < -0.39 is 0 Å². The summed E-state index contributed by atoms with van der Waals surface area (Å²) in [7, 11) is 1.69. The van der Waals surface area contributed by atoms with Crippen LogP contribution >= 0.6 is 15.9 Å². The number of nitrogens with one attached hydrogen (secondary N) is 1. The second-order valence-electron chi connectivity index (χ2n) is 3.93. The molecule has 0 aliphatic carbocycles. The zero-order valence-electron chi connectivity index (χ0n) is 10.3. The fourth-order valence-corrected chi connectivity index (χ4v) is 2.15. The molecule has 18 heavy (non-hydrogen) atoms. The molecule has 5 heteroatoms. The predicted octanol–water partition coefficient (Wildman–Crippen LogP) is 2.75. The first kappa shape index (κ1) is 13.1. The van der Waals surface area contributed by atoms with Crippen LogP contribution in [-0.4, -0.2) is 29.8 Å². The normalized spacial score (nSPS) is 10.6. The Bertz CT molecular complexity index is 498. The van der Waals surface area contributed by atoms with Gasteiger partial charge in [-0.1, -0.05) is 28.1 Å². The maximum Gasteiger partial charge on any atom is 0.203 e. The Balaban J connectivity index is 2.03. The van der Waals surface area contributed by atoms with Crippen LogP contribution < -0.4 is 5.32 Å². The monoisotopic (exact) mass is 309 g/mol. The van der Waals surface area contributed by atoms with E-state index in [-0.39, 0.29) is 0 Å². The zero-order chi connectivity index (χ0) is 12.8. The number of imidazole rings is 1. The van der Waals surface area contributed by atoms with Crippen LogP contribution in [0.3, 0.4) is 0 Å². The van der Waals surface area contributed by atoms with E-state index in [4.69, 9.17) is 4.74 Å². The highest BCUT2D eigenvalue weighted by Crippen LogP contribution is 2.14. The average Bonchev–Trinajstić information content (AvgIpc) is 2.77. The van der Waals surface area contributed by atoms with Crippen molar-refractivity contribution in [2.45, 2.75) is 6.54 Å². The van der Waals surface area contributed by atoms with Crippen molar-refractivity contribution >= 4 is 21.9 Å². The Morgan fingerprint density at radius 3 is 3.11 bits per heavy atom. The summed E-state index contributed by atoms with van der Waals surface area (Å²) < 4.78 is 8.18. The lowest BCUT2D eigenvalue weighted by Crippen LogP contribution is -2.12. The van der Waals surface area contributed by atoms with E-state index in [1.807, 2.05) is 18.3 Å². The van der Waals surface area contributed by atoms with E-state index in [1.54, 1.807) is 13.3 Å². The van der Waals surface area contributed by atoms with Crippen molar-refractivity contribution in [1.29, 1.82) is 0 Å². The molecule has 0 fully saturated rings. The lowest BCUT2D eigenvalue weighted by atomic mass is 10.2. The molecule has 0 saturated carbocycles. The van der Waals surface area contributed by atoms with E-state index >= 15 is 0 Å². The lowest BCUT2D eigenvalue weighted by Gasteiger charge is -2.09. The Hall–Kier alpha value is -1.33. The van der Waals surface area contributed by atoms with Gasteiger partial charge in [-0.25, -0.2) is 4.98 Å². The van der Waals surface area contributed by atoms with Gasteiger partial charge in [-0.05, 0) is 17.7 Å². The smallest absolute Gasteiger partial charge is 0.203 e. The Labute approximate surface area is 115 Å².